The number of rotatable bonds is 8. The van der Waals surface area contributed by atoms with E-state index >= 15 is 0 Å². The number of carbonyl (C=O) groups is 1. The zero-order valence-electron chi connectivity index (χ0n) is 21.8. The average molecular weight is 504 g/mol. The van der Waals surface area contributed by atoms with Crippen molar-refractivity contribution in [2.75, 3.05) is 35.6 Å². The molecular formula is C29H37N5O3. The maximum absolute atomic E-state index is 12.7. The summed E-state index contributed by atoms with van der Waals surface area (Å²) >= 11 is 0. The standard InChI is InChI=1S/C27H31N5O2.C2H4.H2O/c1-4-34-27(33)23-16-22(18-9-11-19(28)12-10-18)24(25(29)17(2)3)26(31-23)30-20-7-5-8-21(15-20)32-13-6-14-32;1-2;/h5,7-12,15-17,29H,4,6,13-14,28H2,1-3H3,(H,30,31);1-2H2;1H2. The van der Waals surface area contributed by atoms with E-state index < -0.39 is 5.97 Å². The van der Waals surface area contributed by atoms with E-state index in [0.29, 0.717) is 22.8 Å². The number of benzene rings is 2. The van der Waals surface area contributed by atoms with E-state index in [0.717, 1.165) is 35.6 Å². The third-order valence-electron chi connectivity index (χ3n) is 5.90. The summed E-state index contributed by atoms with van der Waals surface area (Å²) in [5, 5.41) is 12.3. The van der Waals surface area contributed by atoms with E-state index in [9.17, 15) is 4.79 Å². The van der Waals surface area contributed by atoms with Gasteiger partial charge in [0.1, 0.15) is 5.82 Å². The van der Waals surface area contributed by atoms with Gasteiger partial charge in [-0.05, 0) is 66.8 Å². The molecule has 0 radical (unpaired) electrons. The summed E-state index contributed by atoms with van der Waals surface area (Å²) in [6.45, 7) is 14.1. The fraction of sp³-hybridized carbons (Fsp3) is 0.276. The smallest absolute Gasteiger partial charge is 0.357 e. The molecule has 6 N–H and O–H groups in total. The van der Waals surface area contributed by atoms with Crippen molar-refractivity contribution in [3.8, 4) is 11.1 Å². The molecule has 0 atom stereocenters. The molecule has 4 rings (SSSR count). The van der Waals surface area contributed by atoms with Gasteiger partial charge in [0.25, 0.3) is 0 Å². The summed E-state index contributed by atoms with van der Waals surface area (Å²) in [5.74, 6) is -0.0909. The lowest BCUT2D eigenvalue weighted by atomic mass is 9.91. The van der Waals surface area contributed by atoms with Gasteiger partial charge in [0, 0.05) is 41.4 Å². The number of nitrogens with zero attached hydrogens (tertiary/aromatic N) is 2. The number of esters is 1. The van der Waals surface area contributed by atoms with E-state index in [2.05, 4.69) is 40.5 Å². The molecular weight excluding hydrogens is 466 g/mol. The maximum Gasteiger partial charge on any atom is 0.357 e. The molecule has 1 aromatic heterocycles. The third-order valence-corrected chi connectivity index (χ3v) is 5.90. The van der Waals surface area contributed by atoms with Crippen LogP contribution in [-0.4, -0.2) is 41.8 Å². The number of pyridine rings is 1. The van der Waals surface area contributed by atoms with Gasteiger partial charge in [0.15, 0.2) is 5.69 Å². The first-order chi connectivity index (χ1) is 17.4. The van der Waals surface area contributed by atoms with Gasteiger partial charge >= 0.3 is 5.97 Å². The number of ether oxygens (including phenoxy) is 1. The minimum Gasteiger partial charge on any atom is -0.461 e. The van der Waals surface area contributed by atoms with Crippen molar-refractivity contribution in [2.24, 2.45) is 5.92 Å². The largest absolute Gasteiger partial charge is 0.461 e. The summed E-state index contributed by atoms with van der Waals surface area (Å²) in [6, 6.07) is 17.2. The minimum atomic E-state index is -0.501. The fourth-order valence-corrected chi connectivity index (χ4v) is 3.89. The molecule has 8 heteroatoms. The first-order valence-electron chi connectivity index (χ1n) is 12.2. The second-order valence-electron chi connectivity index (χ2n) is 8.71. The first kappa shape index (κ1) is 29.1. The SMILES string of the molecule is C=C.CCOC(=O)c1cc(-c2ccc(N)cc2)c(C(=N)C(C)C)c(Nc2cccc(N3CCC3)c2)n1.O. The quantitative estimate of drug-likeness (QED) is 0.162. The third kappa shape index (κ3) is 6.74. The molecule has 196 valence electrons. The Hall–Kier alpha value is -4.17. The normalized spacial score (nSPS) is 11.9. The van der Waals surface area contributed by atoms with Crippen LogP contribution in [0.4, 0.5) is 22.9 Å². The highest BCUT2D eigenvalue weighted by molar-refractivity contribution is 6.10. The molecule has 1 aliphatic heterocycles. The topological polar surface area (TPSA) is 136 Å². The summed E-state index contributed by atoms with van der Waals surface area (Å²) in [4.78, 5) is 19.6. The Balaban J connectivity index is 0.00000157. The van der Waals surface area contributed by atoms with Crippen LogP contribution < -0.4 is 16.0 Å². The molecule has 0 amide bonds. The Bertz CT molecular complexity index is 1220. The van der Waals surface area contributed by atoms with Gasteiger partial charge in [-0.15, -0.1) is 13.2 Å². The molecule has 0 bridgehead atoms. The zero-order valence-corrected chi connectivity index (χ0v) is 21.8. The average Bonchev–Trinajstić information content (AvgIpc) is 2.84. The molecule has 37 heavy (non-hydrogen) atoms. The van der Waals surface area contributed by atoms with E-state index in [1.165, 1.54) is 6.42 Å². The number of nitrogens with one attached hydrogen (secondary N) is 2. The van der Waals surface area contributed by atoms with Crippen LogP contribution in [0.2, 0.25) is 0 Å². The minimum absolute atomic E-state index is 0. The molecule has 0 saturated carbocycles. The molecule has 8 nitrogen and oxygen atoms in total. The highest BCUT2D eigenvalue weighted by Crippen LogP contribution is 2.34. The van der Waals surface area contributed by atoms with Gasteiger partial charge in [-0.3, -0.25) is 0 Å². The van der Waals surface area contributed by atoms with E-state index in [-0.39, 0.29) is 23.7 Å². The van der Waals surface area contributed by atoms with E-state index in [1.54, 1.807) is 13.0 Å². The van der Waals surface area contributed by atoms with Crippen molar-refractivity contribution >= 4 is 34.6 Å². The van der Waals surface area contributed by atoms with Crippen LogP contribution in [0.3, 0.4) is 0 Å². The number of nitrogens with two attached hydrogens (primary N) is 1. The van der Waals surface area contributed by atoms with E-state index in [1.807, 2.05) is 50.2 Å². The molecule has 0 aliphatic carbocycles. The summed E-state index contributed by atoms with van der Waals surface area (Å²) in [5.41, 5.74) is 11.4. The molecule has 2 aromatic carbocycles. The molecule has 1 aliphatic rings. The van der Waals surface area contributed by atoms with Crippen molar-refractivity contribution in [3.05, 3.63) is 79.0 Å². The van der Waals surface area contributed by atoms with Crippen LogP contribution in [0, 0.1) is 11.3 Å². The van der Waals surface area contributed by atoms with Gasteiger partial charge in [-0.2, -0.15) is 0 Å². The number of anilines is 4. The van der Waals surface area contributed by atoms with Crippen molar-refractivity contribution in [3.63, 3.8) is 0 Å². The summed E-state index contributed by atoms with van der Waals surface area (Å²) in [6.07, 6.45) is 1.20. The van der Waals surface area contributed by atoms with Crippen LogP contribution in [0.5, 0.6) is 0 Å². The number of hydrogen-bond donors (Lipinski definition) is 3. The van der Waals surface area contributed by atoms with Crippen LogP contribution in [0.15, 0.2) is 67.8 Å². The van der Waals surface area contributed by atoms with Crippen molar-refractivity contribution < 1.29 is 15.0 Å². The second-order valence-corrected chi connectivity index (χ2v) is 8.71. The number of aromatic nitrogens is 1. The summed E-state index contributed by atoms with van der Waals surface area (Å²) < 4.78 is 5.25. The molecule has 2 heterocycles. The van der Waals surface area contributed by atoms with Gasteiger partial charge < -0.3 is 31.6 Å². The van der Waals surface area contributed by atoms with Crippen LogP contribution in [0.1, 0.15) is 43.2 Å². The first-order valence-corrected chi connectivity index (χ1v) is 12.2. The Morgan fingerprint density at radius 2 is 1.84 bits per heavy atom. The van der Waals surface area contributed by atoms with Gasteiger partial charge in [-0.1, -0.05) is 32.0 Å². The molecule has 1 saturated heterocycles. The predicted molar refractivity (Wildman–Crippen MR) is 153 cm³/mol. The Morgan fingerprint density at radius 1 is 1.16 bits per heavy atom. The molecule has 0 spiro atoms. The lowest BCUT2D eigenvalue weighted by molar-refractivity contribution is 0.0519. The molecule has 1 fully saturated rings. The monoisotopic (exact) mass is 503 g/mol. The van der Waals surface area contributed by atoms with Crippen molar-refractivity contribution in [1.29, 1.82) is 5.41 Å². The van der Waals surface area contributed by atoms with Crippen molar-refractivity contribution in [1.82, 2.24) is 4.98 Å². The lowest BCUT2D eigenvalue weighted by Crippen LogP contribution is -2.36. The van der Waals surface area contributed by atoms with Crippen LogP contribution in [0.25, 0.3) is 11.1 Å². The zero-order chi connectivity index (χ0) is 26.2. The molecule has 3 aromatic rings. The predicted octanol–water partition coefficient (Wildman–Crippen LogP) is 5.46. The number of nitrogen functional groups attached to an aromatic ring is 1. The van der Waals surface area contributed by atoms with Crippen molar-refractivity contribution in [2.45, 2.75) is 27.2 Å². The van der Waals surface area contributed by atoms with Crippen LogP contribution >= 0.6 is 0 Å². The maximum atomic E-state index is 12.7. The Morgan fingerprint density at radius 3 is 2.41 bits per heavy atom. The highest BCUT2D eigenvalue weighted by atomic mass is 16.5. The number of hydrogen-bond acceptors (Lipinski definition) is 7. The Labute approximate surface area is 219 Å². The van der Waals surface area contributed by atoms with Gasteiger partial charge in [-0.25, -0.2) is 9.78 Å². The van der Waals surface area contributed by atoms with Gasteiger partial charge in [0.05, 0.1) is 6.61 Å². The Kier molecular flexibility index (Phi) is 10.4. The van der Waals surface area contributed by atoms with Gasteiger partial charge in [0.2, 0.25) is 0 Å². The fourth-order valence-electron chi connectivity index (χ4n) is 3.89. The van der Waals surface area contributed by atoms with E-state index in [4.69, 9.17) is 15.9 Å². The summed E-state index contributed by atoms with van der Waals surface area (Å²) in [7, 11) is 0. The second kappa shape index (κ2) is 13.2. The highest BCUT2D eigenvalue weighted by Gasteiger charge is 2.23. The number of carbonyl (C=O) groups excluding carboxylic acids is 1. The lowest BCUT2D eigenvalue weighted by Gasteiger charge is -2.33. The van der Waals surface area contributed by atoms with Crippen LogP contribution in [-0.2, 0) is 4.74 Å². The molecule has 0 unspecified atom stereocenters.